The fourth-order valence-corrected chi connectivity index (χ4v) is 3.41. The zero-order valence-corrected chi connectivity index (χ0v) is 15.6. The Morgan fingerprint density at radius 2 is 1.79 bits per heavy atom. The number of halogens is 1. The van der Waals surface area contributed by atoms with E-state index in [-0.39, 0.29) is 11.8 Å². The minimum absolute atomic E-state index is 0.00159. The van der Waals surface area contributed by atoms with Gasteiger partial charge in [0.05, 0.1) is 0 Å². The molecule has 0 bridgehead atoms. The summed E-state index contributed by atoms with van der Waals surface area (Å²) in [5.74, 6) is 0.550. The highest BCUT2D eigenvalue weighted by molar-refractivity contribution is 9.10. The van der Waals surface area contributed by atoms with Gasteiger partial charge < -0.3 is 14.8 Å². The Morgan fingerprint density at radius 3 is 2.46 bits per heavy atom. The first-order valence-electron chi connectivity index (χ1n) is 8.29. The lowest BCUT2D eigenvalue weighted by Gasteiger charge is -2.35. The maximum atomic E-state index is 12.7. The van der Waals surface area contributed by atoms with Crippen molar-refractivity contribution in [2.75, 3.05) is 26.2 Å². The van der Waals surface area contributed by atoms with E-state index in [4.69, 9.17) is 0 Å². The van der Waals surface area contributed by atoms with Crippen molar-refractivity contribution in [3.05, 3.63) is 34.4 Å². The van der Waals surface area contributed by atoms with Gasteiger partial charge in [-0.15, -0.1) is 0 Å². The SMILES string of the molecule is CC(C)CC(=O)N1CCN(C(=O)c2cc3cc(Br)ccc3[nH]2)CC1. The Labute approximate surface area is 150 Å². The number of piperazine rings is 1. The highest BCUT2D eigenvalue weighted by Gasteiger charge is 2.25. The third kappa shape index (κ3) is 3.64. The molecule has 1 saturated heterocycles. The van der Waals surface area contributed by atoms with Crippen LogP contribution in [0.1, 0.15) is 30.8 Å². The molecule has 0 radical (unpaired) electrons. The van der Waals surface area contributed by atoms with Crippen molar-refractivity contribution in [2.45, 2.75) is 20.3 Å². The van der Waals surface area contributed by atoms with Crippen molar-refractivity contribution in [2.24, 2.45) is 5.92 Å². The summed E-state index contributed by atoms with van der Waals surface area (Å²) in [6.07, 6.45) is 0.574. The molecule has 6 heteroatoms. The molecule has 1 fully saturated rings. The summed E-state index contributed by atoms with van der Waals surface area (Å²) >= 11 is 3.45. The maximum absolute atomic E-state index is 12.7. The normalized spacial score (nSPS) is 15.3. The molecule has 2 amide bonds. The Hall–Kier alpha value is -1.82. The van der Waals surface area contributed by atoms with Gasteiger partial charge in [0, 0.05) is 48.0 Å². The van der Waals surface area contributed by atoms with Gasteiger partial charge in [-0.1, -0.05) is 29.8 Å². The summed E-state index contributed by atoms with van der Waals surface area (Å²) in [5.41, 5.74) is 1.55. The Morgan fingerprint density at radius 1 is 1.12 bits per heavy atom. The van der Waals surface area contributed by atoms with Crippen LogP contribution < -0.4 is 0 Å². The molecule has 3 rings (SSSR count). The van der Waals surface area contributed by atoms with E-state index in [2.05, 4.69) is 20.9 Å². The summed E-state index contributed by atoms with van der Waals surface area (Å²) in [6.45, 7) is 6.49. The van der Waals surface area contributed by atoms with Crippen LogP contribution in [0.2, 0.25) is 0 Å². The summed E-state index contributed by atoms with van der Waals surface area (Å²) in [7, 11) is 0. The maximum Gasteiger partial charge on any atom is 0.270 e. The quantitative estimate of drug-likeness (QED) is 0.872. The molecule has 0 atom stereocenters. The molecular formula is C18H22BrN3O2. The van der Waals surface area contributed by atoms with E-state index in [1.54, 1.807) is 0 Å². The fourth-order valence-electron chi connectivity index (χ4n) is 3.03. The Balaban J connectivity index is 1.65. The molecular weight excluding hydrogens is 370 g/mol. The second-order valence-electron chi connectivity index (χ2n) is 6.69. The monoisotopic (exact) mass is 391 g/mol. The van der Waals surface area contributed by atoms with Crippen LogP contribution in [0, 0.1) is 5.92 Å². The molecule has 1 aromatic carbocycles. The van der Waals surface area contributed by atoms with Gasteiger partial charge in [0.2, 0.25) is 5.91 Å². The molecule has 2 aromatic rings. The van der Waals surface area contributed by atoms with Crippen molar-refractivity contribution >= 4 is 38.6 Å². The first-order chi connectivity index (χ1) is 11.4. The second-order valence-corrected chi connectivity index (χ2v) is 7.60. The molecule has 128 valence electrons. The van der Waals surface area contributed by atoms with E-state index in [0.29, 0.717) is 44.2 Å². The summed E-state index contributed by atoms with van der Waals surface area (Å²) in [6, 6.07) is 7.79. The van der Waals surface area contributed by atoms with Crippen LogP contribution in [0.4, 0.5) is 0 Å². The van der Waals surface area contributed by atoms with Gasteiger partial charge in [-0.25, -0.2) is 0 Å². The molecule has 0 unspecified atom stereocenters. The smallest absolute Gasteiger partial charge is 0.270 e. The van der Waals surface area contributed by atoms with E-state index in [9.17, 15) is 9.59 Å². The number of amides is 2. The van der Waals surface area contributed by atoms with Crippen molar-refractivity contribution < 1.29 is 9.59 Å². The number of hydrogen-bond acceptors (Lipinski definition) is 2. The number of aromatic nitrogens is 1. The first kappa shape index (κ1) is 17.0. The van der Waals surface area contributed by atoms with Gasteiger partial charge in [0.25, 0.3) is 5.91 Å². The molecule has 0 saturated carbocycles. The van der Waals surface area contributed by atoms with Gasteiger partial charge in [-0.2, -0.15) is 0 Å². The fraction of sp³-hybridized carbons (Fsp3) is 0.444. The molecule has 1 aromatic heterocycles. The average Bonchev–Trinajstić information content (AvgIpc) is 2.96. The minimum atomic E-state index is -0.00159. The molecule has 1 aliphatic rings. The number of aromatic amines is 1. The van der Waals surface area contributed by atoms with Crippen LogP contribution in [-0.4, -0.2) is 52.8 Å². The molecule has 2 heterocycles. The predicted octanol–water partition coefficient (Wildman–Crippen LogP) is 3.26. The lowest BCUT2D eigenvalue weighted by atomic mass is 10.1. The van der Waals surface area contributed by atoms with Crippen LogP contribution in [-0.2, 0) is 4.79 Å². The van der Waals surface area contributed by atoms with Crippen molar-refractivity contribution in [3.8, 4) is 0 Å². The lowest BCUT2D eigenvalue weighted by Crippen LogP contribution is -2.50. The second kappa shape index (κ2) is 6.97. The van der Waals surface area contributed by atoms with Gasteiger partial charge in [0.1, 0.15) is 5.69 Å². The van der Waals surface area contributed by atoms with Crippen molar-refractivity contribution in [1.82, 2.24) is 14.8 Å². The van der Waals surface area contributed by atoms with Crippen LogP contribution >= 0.6 is 15.9 Å². The topological polar surface area (TPSA) is 56.4 Å². The van der Waals surface area contributed by atoms with E-state index >= 15 is 0 Å². The molecule has 0 spiro atoms. The van der Waals surface area contributed by atoms with Crippen LogP contribution in [0.25, 0.3) is 10.9 Å². The molecule has 1 N–H and O–H groups in total. The van der Waals surface area contributed by atoms with E-state index in [1.165, 1.54) is 0 Å². The van der Waals surface area contributed by atoms with Gasteiger partial charge in [-0.05, 0) is 30.2 Å². The lowest BCUT2D eigenvalue weighted by molar-refractivity contribution is -0.133. The van der Waals surface area contributed by atoms with Crippen LogP contribution in [0.3, 0.4) is 0 Å². The van der Waals surface area contributed by atoms with E-state index in [0.717, 1.165) is 15.4 Å². The minimum Gasteiger partial charge on any atom is -0.351 e. The number of fused-ring (bicyclic) bond motifs is 1. The summed E-state index contributed by atoms with van der Waals surface area (Å²) in [5, 5.41) is 1.01. The third-order valence-electron chi connectivity index (χ3n) is 4.32. The number of carbonyl (C=O) groups excluding carboxylic acids is 2. The molecule has 24 heavy (non-hydrogen) atoms. The number of carbonyl (C=O) groups is 2. The van der Waals surface area contributed by atoms with Crippen molar-refractivity contribution in [3.63, 3.8) is 0 Å². The highest BCUT2D eigenvalue weighted by atomic mass is 79.9. The zero-order valence-electron chi connectivity index (χ0n) is 14.0. The Kier molecular flexibility index (Phi) is 4.94. The van der Waals surface area contributed by atoms with Crippen molar-refractivity contribution in [1.29, 1.82) is 0 Å². The van der Waals surface area contributed by atoms with Crippen LogP contribution in [0.5, 0.6) is 0 Å². The molecule has 1 aliphatic heterocycles. The van der Waals surface area contributed by atoms with Crippen LogP contribution in [0.15, 0.2) is 28.7 Å². The van der Waals surface area contributed by atoms with E-state index in [1.807, 2.05) is 47.9 Å². The zero-order chi connectivity index (χ0) is 17.3. The first-order valence-corrected chi connectivity index (χ1v) is 9.08. The number of hydrogen-bond donors (Lipinski definition) is 1. The highest BCUT2D eigenvalue weighted by Crippen LogP contribution is 2.21. The van der Waals surface area contributed by atoms with Gasteiger partial charge >= 0.3 is 0 Å². The number of benzene rings is 1. The Bertz CT molecular complexity index is 761. The number of rotatable bonds is 3. The summed E-state index contributed by atoms with van der Waals surface area (Å²) < 4.78 is 0.991. The standard InChI is InChI=1S/C18H22BrN3O2/c1-12(2)9-17(23)21-5-7-22(8-6-21)18(24)16-11-13-10-14(19)3-4-15(13)20-16/h3-4,10-12,20H,5-9H2,1-2H3. The van der Waals surface area contributed by atoms with Gasteiger partial charge in [-0.3, -0.25) is 9.59 Å². The summed E-state index contributed by atoms with van der Waals surface area (Å²) in [4.78, 5) is 31.7. The average molecular weight is 392 g/mol. The number of nitrogens with one attached hydrogen (secondary N) is 1. The molecule has 5 nitrogen and oxygen atoms in total. The third-order valence-corrected chi connectivity index (χ3v) is 4.81. The van der Waals surface area contributed by atoms with Gasteiger partial charge in [0.15, 0.2) is 0 Å². The molecule has 0 aliphatic carbocycles. The predicted molar refractivity (Wildman–Crippen MR) is 97.9 cm³/mol. The number of H-pyrrole nitrogens is 1. The largest absolute Gasteiger partial charge is 0.351 e. The number of nitrogens with zero attached hydrogens (tertiary/aromatic N) is 2. The van der Waals surface area contributed by atoms with E-state index < -0.39 is 0 Å².